The quantitative estimate of drug-likeness (QED) is 0.649. The molecule has 17 heavy (non-hydrogen) atoms. The number of piperidine rings is 1. The molecule has 0 aromatic heterocycles. The molecule has 1 fully saturated rings. The van der Waals surface area contributed by atoms with Crippen LogP contribution in [0.3, 0.4) is 0 Å². The maximum Gasteiger partial charge on any atom is 0.234 e. The molecular formula is C13H27N3O. The van der Waals surface area contributed by atoms with Crippen molar-refractivity contribution in [1.82, 2.24) is 15.5 Å². The van der Waals surface area contributed by atoms with Gasteiger partial charge in [0, 0.05) is 13.1 Å². The number of rotatable bonds is 7. The van der Waals surface area contributed by atoms with Crippen molar-refractivity contribution in [2.75, 3.05) is 39.3 Å². The zero-order valence-electron chi connectivity index (χ0n) is 11.3. The maximum atomic E-state index is 11.5. The molecule has 0 saturated carbocycles. The number of likely N-dealkylation sites (tertiary alicyclic amines) is 1. The van der Waals surface area contributed by atoms with Gasteiger partial charge >= 0.3 is 0 Å². The Balaban J connectivity index is 2.21. The van der Waals surface area contributed by atoms with Crippen LogP contribution in [0.5, 0.6) is 0 Å². The highest BCUT2D eigenvalue weighted by Gasteiger charge is 2.20. The summed E-state index contributed by atoms with van der Waals surface area (Å²) in [6, 6.07) is 0. The second-order valence-electron chi connectivity index (χ2n) is 4.90. The zero-order valence-corrected chi connectivity index (χ0v) is 11.3. The molecule has 100 valence electrons. The summed E-state index contributed by atoms with van der Waals surface area (Å²) in [5, 5.41) is 6.34. The minimum atomic E-state index is 0.162. The van der Waals surface area contributed by atoms with E-state index >= 15 is 0 Å². The van der Waals surface area contributed by atoms with Crippen LogP contribution >= 0.6 is 0 Å². The van der Waals surface area contributed by atoms with Gasteiger partial charge in [0.05, 0.1) is 6.54 Å². The van der Waals surface area contributed by atoms with E-state index in [2.05, 4.69) is 22.5 Å². The van der Waals surface area contributed by atoms with Gasteiger partial charge in [0.1, 0.15) is 0 Å². The van der Waals surface area contributed by atoms with Crippen molar-refractivity contribution in [2.45, 2.75) is 33.1 Å². The Hall–Kier alpha value is -0.610. The molecule has 1 rings (SSSR count). The first kappa shape index (κ1) is 14.5. The molecule has 4 heteroatoms. The standard InChI is InChI=1S/C13H27N3O/c1-3-7-14-9-12-6-5-8-16(10-12)11-13(17)15-4-2/h12,14H,3-11H2,1-2H3,(H,15,17). The molecular weight excluding hydrogens is 214 g/mol. The van der Waals surface area contributed by atoms with Gasteiger partial charge in [-0.15, -0.1) is 0 Å². The van der Waals surface area contributed by atoms with E-state index in [1.165, 1.54) is 19.3 Å². The van der Waals surface area contributed by atoms with Crippen molar-refractivity contribution in [3.63, 3.8) is 0 Å². The lowest BCUT2D eigenvalue weighted by atomic mass is 9.98. The topological polar surface area (TPSA) is 44.4 Å². The van der Waals surface area contributed by atoms with Gasteiger partial charge in [0.2, 0.25) is 5.91 Å². The summed E-state index contributed by atoms with van der Waals surface area (Å²) >= 11 is 0. The second kappa shape index (κ2) is 8.48. The summed E-state index contributed by atoms with van der Waals surface area (Å²) in [5.41, 5.74) is 0. The first-order valence-electron chi connectivity index (χ1n) is 6.96. The van der Waals surface area contributed by atoms with Crippen LogP contribution in [0.1, 0.15) is 33.1 Å². The predicted molar refractivity (Wildman–Crippen MR) is 71.0 cm³/mol. The summed E-state index contributed by atoms with van der Waals surface area (Å²) in [5.74, 6) is 0.874. The number of nitrogens with zero attached hydrogens (tertiary/aromatic N) is 1. The molecule has 1 heterocycles. The maximum absolute atomic E-state index is 11.5. The molecule has 0 radical (unpaired) electrons. The van der Waals surface area contributed by atoms with Gasteiger partial charge in [0.15, 0.2) is 0 Å². The largest absolute Gasteiger partial charge is 0.355 e. The van der Waals surface area contributed by atoms with Crippen LogP contribution in [0.25, 0.3) is 0 Å². The molecule has 1 atom stereocenters. The van der Waals surface area contributed by atoms with Crippen LogP contribution in [0.4, 0.5) is 0 Å². The third-order valence-electron chi connectivity index (χ3n) is 3.20. The van der Waals surface area contributed by atoms with E-state index in [-0.39, 0.29) is 5.91 Å². The molecule has 1 unspecified atom stereocenters. The van der Waals surface area contributed by atoms with Crippen LogP contribution in [-0.4, -0.2) is 50.1 Å². The Morgan fingerprint density at radius 3 is 2.94 bits per heavy atom. The number of carbonyl (C=O) groups excluding carboxylic acids is 1. The van der Waals surface area contributed by atoms with E-state index in [0.29, 0.717) is 12.5 Å². The molecule has 1 saturated heterocycles. The summed E-state index contributed by atoms with van der Waals surface area (Å²) in [6.07, 6.45) is 3.70. The minimum Gasteiger partial charge on any atom is -0.355 e. The summed E-state index contributed by atoms with van der Waals surface area (Å²) in [4.78, 5) is 13.8. The van der Waals surface area contributed by atoms with Crippen molar-refractivity contribution in [3.05, 3.63) is 0 Å². The fraction of sp³-hybridized carbons (Fsp3) is 0.923. The fourth-order valence-electron chi connectivity index (χ4n) is 2.40. The molecule has 0 aromatic rings. The van der Waals surface area contributed by atoms with Gasteiger partial charge in [-0.25, -0.2) is 0 Å². The third-order valence-corrected chi connectivity index (χ3v) is 3.20. The van der Waals surface area contributed by atoms with Gasteiger partial charge in [0.25, 0.3) is 0 Å². The van der Waals surface area contributed by atoms with E-state index in [0.717, 1.165) is 32.7 Å². The monoisotopic (exact) mass is 241 g/mol. The van der Waals surface area contributed by atoms with Crippen molar-refractivity contribution in [2.24, 2.45) is 5.92 Å². The SMILES string of the molecule is CCCNCC1CCCN(CC(=O)NCC)C1. The number of nitrogens with one attached hydrogen (secondary N) is 2. The van der Waals surface area contributed by atoms with Crippen LogP contribution in [0.2, 0.25) is 0 Å². The summed E-state index contributed by atoms with van der Waals surface area (Å²) in [6.45, 7) is 9.79. The van der Waals surface area contributed by atoms with Crippen molar-refractivity contribution < 1.29 is 4.79 Å². The van der Waals surface area contributed by atoms with Gasteiger partial charge in [-0.2, -0.15) is 0 Å². The fourth-order valence-corrected chi connectivity index (χ4v) is 2.40. The lowest BCUT2D eigenvalue weighted by Gasteiger charge is -2.32. The smallest absolute Gasteiger partial charge is 0.234 e. The van der Waals surface area contributed by atoms with Gasteiger partial charge in [-0.1, -0.05) is 6.92 Å². The highest BCUT2D eigenvalue weighted by Crippen LogP contribution is 2.15. The lowest BCUT2D eigenvalue weighted by Crippen LogP contribution is -2.44. The normalized spacial score (nSPS) is 21.4. The lowest BCUT2D eigenvalue weighted by molar-refractivity contribution is -0.122. The van der Waals surface area contributed by atoms with E-state index in [1.807, 2.05) is 6.92 Å². The van der Waals surface area contributed by atoms with Crippen LogP contribution in [0.15, 0.2) is 0 Å². The van der Waals surface area contributed by atoms with Crippen LogP contribution < -0.4 is 10.6 Å². The molecule has 4 nitrogen and oxygen atoms in total. The Morgan fingerprint density at radius 2 is 2.24 bits per heavy atom. The Labute approximate surface area is 105 Å². The Kier molecular flexibility index (Phi) is 7.21. The average Bonchev–Trinajstić information content (AvgIpc) is 2.30. The Bertz CT molecular complexity index is 221. The number of amides is 1. The van der Waals surface area contributed by atoms with Gasteiger partial charge in [-0.3, -0.25) is 9.69 Å². The number of carbonyl (C=O) groups is 1. The van der Waals surface area contributed by atoms with Crippen molar-refractivity contribution in [3.8, 4) is 0 Å². The van der Waals surface area contributed by atoms with Crippen molar-refractivity contribution >= 4 is 5.91 Å². The van der Waals surface area contributed by atoms with Gasteiger partial charge < -0.3 is 10.6 Å². The van der Waals surface area contributed by atoms with Crippen molar-refractivity contribution in [1.29, 1.82) is 0 Å². The second-order valence-corrected chi connectivity index (χ2v) is 4.90. The van der Waals surface area contributed by atoms with E-state index in [9.17, 15) is 4.79 Å². The molecule has 0 aromatic carbocycles. The van der Waals surface area contributed by atoms with Crippen LogP contribution in [0, 0.1) is 5.92 Å². The molecule has 0 aliphatic carbocycles. The third kappa shape index (κ3) is 6.03. The zero-order chi connectivity index (χ0) is 12.5. The summed E-state index contributed by atoms with van der Waals surface area (Å²) in [7, 11) is 0. The van der Waals surface area contributed by atoms with E-state index in [1.54, 1.807) is 0 Å². The molecule has 1 aliphatic heterocycles. The molecule has 1 amide bonds. The Morgan fingerprint density at radius 1 is 1.41 bits per heavy atom. The first-order valence-corrected chi connectivity index (χ1v) is 6.96. The average molecular weight is 241 g/mol. The molecule has 2 N–H and O–H groups in total. The number of hydrogen-bond acceptors (Lipinski definition) is 3. The summed E-state index contributed by atoms with van der Waals surface area (Å²) < 4.78 is 0. The highest BCUT2D eigenvalue weighted by atomic mass is 16.2. The molecule has 0 bridgehead atoms. The van der Waals surface area contributed by atoms with E-state index < -0.39 is 0 Å². The van der Waals surface area contributed by atoms with E-state index in [4.69, 9.17) is 0 Å². The highest BCUT2D eigenvalue weighted by molar-refractivity contribution is 5.77. The predicted octanol–water partition coefficient (Wildman–Crippen LogP) is 0.834. The molecule has 1 aliphatic rings. The van der Waals surface area contributed by atoms with Gasteiger partial charge in [-0.05, 0) is 51.7 Å². The number of likely N-dealkylation sites (N-methyl/N-ethyl adjacent to an activating group) is 1. The number of hydrogen-bond donors (Lipinski definition) is 2. The molecule has 0 spiro atoms. The minimum absolute atomic E-state index is 0.162. The first-order chi connectivity index (χ1) is 8.26. The van der Waals surface area contributed by atoms with Crippen LogP contribution in [-0.2, 0) is 4.79 Å².